The molecule has 32 heavy (non-hydrogen) atoms. The Bertz CT molecular complexity index is 1200. The Morgan fingerprint density at radius 1 is 1.06 bits per heavy atom. The van der Waals surface area contributed by atoms with E-state index >= 15 is 0 Å². The van der Waals surface area contributed by atoms with Crippen LogP contribution in [-0.2, 0) is 0 Å². The fraction of sp³-hybridized carbons (Fsp3) is 0.231. The van der Waals surface area contributed by atoms with Crippen LogP contribution in [0.5, 0.6) is 5.75 Å². The number of fused-ring (bicyclic) bond motifs is 1. The number of para-hydroxylation sites is 3. The number of likely N-dealkylation sites (tertiary alicyclic amines) is 1. The number of hydrogen-bond donors (Lipinski definition) is 1. The molecule has 1 atom stereocenters. The molecule has 1 N–H and O–H groups in total. The maximum atomic E-state index is 13.5. The van der Waals surface area contributed by atoms with Crippen molar-refractivity contribution >= 4 is 28.4 Å². The van der Waals surface area contributed by atoms with Crippen LogP contribution in [0, 0.1) is 0 Å². The number of carbonyl (C=O) groups is 1. The lowest BCUT2D eigenvalue weighted by molar-refractivity contribution is 0.0700. The Hall–Kier alpha value is -3.80. The topological polar surface area (TPSA) is 67.6 Å². The van der Waals surface area contributed by atoms with Gasteiger partial charge >= 0.3 is 0 Å². The average Bonchev–Trinajstić information content (AvgIpc) is 3.29. The van der Waals surface area contributed by atoms with Crippen LogP contribution in [0.15, 0.2) is 77.2 Å². The van der Waals surface area contributed by atoms with Crippen molar-refractivity contribution in [3.05, 3.63) is 84.3 Å². The monoisotopic (exact) mass is 427 g/mol. The van der Waals surface area contributed by atoms with Gasteiger partial charge in [0.2, 0.25) is 0 Å². The Morgan fingerprint density at radius 3 is 2.66 bits per heavy atom. The Labute approximate surface area is 186 Å². The molecule has 1 saturated heterocycles. The van der Waals surface area contributed by atoms with Crippen molar-refractivity contribution in [3.8, 4) is 5.75 Å². The van der Waals surface area contributed by atoms with Crippen LogP contribution in [0.25, 0.3) is 11.1 Å². The molecule has 4 aromatic rings. The van der Waals surface area contributed by atoms with Crippen molar-refractivity contribution in [2.75, 3.05) is 25.5 Å². The molecule has 6 heteroatoms. The van der Waals surface area contributed by atoms with E-state index in [1.54, 1.807) is 7.11 Å². The summed E-state index contributed by atoms with van der Waals surface area (Å²) >= 11 is 0. The van der Waals surface area contributed by atoms with Gasteiger partial charge in [0, 0.05) is 18.8 Å². The number of benzene rings is 3. The third kappa shape index (κ3) is 4.04. The van der Waals surface area contributed by atoms with E-state index in [1.165, 1.54) is 0 Å². The molecule has 6 nitrogen and oxygen atoms in total. The summed E-state index contributed by atoms with van der Waals surface area (Å²) in [4.78, 5) is 20.1. The van der Waals surface area contributed by atoms with Crippen molar-refractivity contribution in [2.45, 2.75) is 18.8 Å². The number of oxazole rings is 1. The van der Waals surface area contributed by atoms with E-state index in [-0.39, 0.29) is 11.8 Å². The standard InChI is InChI=1S/C26H25N3O3/c1-31-20-14-12-19(13-15-20)27-22-9-3-2-8-21(22)26(30)29-16-6-7-18(17-29)25-28-23-10-4-5-11-24(23)32-25/h2-5,8-15,18,27H,6-7,16-17H2,1H3. The van der Waals surface area contributed by atoms with Crippen molar-refractivity contribution in [3.63, 3.8) is 0 Å². The molecule has 0 bridgehead atoms. The summed E-state index contributed by atoms with van der Waals surface area (Å²) in [6, 6.07) is 23.1. The van der Waals surface area contributed by atoms with E-state index in [1.807, 2.05) is 77.7 Å². The number of nitrogens with one attached hydrogen (secondary N) is 1. The molecule has 1 aliphatic rings. The van der Waals surface area contributed by atoms with Gasteiger partial charge in [0.05, 0.1) is 24.3 Å². The zero-order valence-electron chi connectivity index (χ0n) is 18.0. The maximum Gasteiger partial charge on any atom is 0.255 e. The normalized spacial score (nSPS) is 16.2. The summed E-state index contributed by atoms with van der Waals surface area (Å²) in [5.74, 6) is 1.62. The highest BCUT2D eigenvalue weighted by molar-refractivity contribution is 6.00. The molecule has 0 radical (unpaired) electrons. The summed E-state index contributed by atoms with van der Waals surface area (Å²) in [6.45, 7) is 1.33. The van der Waals surface area contributed by atoms with Gasteiger partial charge in [0.25, 0.3) is 5.91 Å². The smallest absolute Gasteiger partial charge is 0.255 e. The number of piperidine rings is 1. The Kier molecular flexibility index (Phi) is 5.50. The number of aromatic nitrogens is 1. The number of methoxy groups -OCH3 is 1. The van der Waals surface area contributed by atoms with E-state index in [2.05, 4.69) is 10.3 Å². The second-order valence-electron chi connectivity index (χ2n) is 8.01. The van der Waals surface area contributed by atoms with Crippen LogP contribution in [0.2, 0.25) is 0 Å². The van der Waals surface area contributed by atoms with Gasteiger partial charge in [-0.2, -0.15) is 0 Å². The zero-order valence-corrected chi connectivity index (χ0v) is 18.0. The highest BCUT2D eigenvalue weighted by Gasteiger charge is 2.29. The van der Waals surface area contributed by atoms with Crippen molar-refractivity contribution < 1.29 is 13.9 Å². The van der Waals surface area contributed by atoms with Crippen molar-refractivity contribution in [1.82, 2.24) is 9.88 Å². The molecule has 2 heterocycles. The summed E-state index contributed by atoms with van der Waals surface area (Å²) < 4.78 is 11.2. The molecule has 5 rings (SSSR count). The van der Waals surface area contributed by atoms with Gasteiger partial charge in [-0.1, -0.05) is 24.3 Å². The first-order valence-electron chi connectivity index (χ1n) is 10.9. The SMILES string of the molecule is COc1ccc(Nc2ccccc2C(=O)N2CCCC(c3nc4ccccc4o3)C2)cc1. The van der Waals surface area contributed by atoms with Gasteiger partial charge < -0.3 is 19.4 Å². The molecule has 0 saturated carbocycles. The van der Waals surface area contributed by atoms with E-state index in [0.717, 1.165) is 47.6 Å². The van der Waals surface area contributed by atoms with E-state index < -0.39 is 0 Å². The first-order chi connectivity index (χ1) is 15.7. The highest BCUT2D eigenvalue weighted by Crippen LogP contribution is 2.31. The summed E-state index contributed by atoms with van der Waals surface area (Å²) in [6.07, 6.45) is 1.88. The molecule has 162 valence electrons. The number of carbonyl (C=O) groups excluding carboxylic acids is 1. The number of nitrogens with zero attached hydrogens (tertiary/aromatic N) is 2. The third-order valence-corrected chi connectivity index (χ3v) is 5.89. The minimum atomic E-state index is 0.0161. The van der Waals surface area contributed by atoms with Crippen LogP contribution in [0.4, 0.5) is 11.4 Å². The van der Waals surface area contributed by atoms with E-state index in [4.69, 9.17) is 9.15 Å². The molecule has 1 amide bonds. The minimum absolute atomic E-state index is 0.0161. The average molecular weight is 428 g/mol. The van der Waals surface area contributed by atoms with Crippen molar-refractivity contribution in [1.29, 1.82) is 0 Å². The van der Waals surface area contributed by atoms with Crippen LogP contribution in [-0.4, -0.2) is 36.0 Å². The number of amides is 1. The highest BCUT2D eigenvalue weighted by atomic mass is 16.5. The summed E-state index contributed by atoms with van der Waals surface area (Å²) in [5, 5.41) is 3.37. The minimum Gasteiger partial charge on any atom is -0.497 e. The fourth-order valence-corrected chi connectivity index (χ4v) is 4.21. The molecular weight excluding hydrogens is 402 g/mol. The first-order valence-corrected chi connectivity index (χ1v) is 10.9. The number of anilines is 2. The second kappa shape index (κ2) is 8.75. The van der Waals surface area contributed by atoms with Gasteiger partial charge in [-0.25, -0.2) is 4.98 Å². The molecule has 3 aromatic carbocycles. The second-order valence-corrected chi connectivity index (χ2v) is 8.01. The Balaban J connectivity index is 1.35. The van der Waals surface area contributed by atoms with Crippen molar-refractivity contribution in [2.24, 2.45) is 0 Å². The lowest BCUT2D eigenvalue weighted by Crippen LogP contribution is -2.39. The van der Waals surface area contributed by atoms with Crippen LogP contribution in [0.3, 0.4) is 0 Å². The van der Waals surface area contributed by atoms with E-state index in [9.17, 15) is 4.79 Å². The Morgan fingerprint density at radius 2 is 1.84 bits per heavy atom. The third-order valence-electron chi connectivity index (χ3n) is 5.89. The summed E-state index contributed by atoms with van der Waals surface area (Å²) in [5.41, 5.74) is 3.99. The molecule has 0 aliphatic carbocycles. The quantitative estimate of drug-likeness (QED) is 0.449. The first kappa shape index (κ1) is 20.1. The van der Waals surface area contributed by atoms with Gasteiger partial charge in [0.1, 0.15) is 11.3 Å². The maximum absolute atomic E-state index is 13.5. The predicted molar refractivity (Wildman–Crippen MR) is 125 cm³/mol. The summed E-state index contributed by atoms with van der Waals surface area (Å²) in [7, 11) is 1.64. The molecular formula is C26H25N3O3. The lowest BCUT2D eigenvalue weighted by atomic mass is 9.97. The largest absolute Gasteiger partial charge is 0.497 e. The molecule has 1 fully saturated rings. The predicted octanol–water partition coefficient (Wildman–Crippen LogP) is 5.60. The number of ether oxygens (including phenoxy) is 1. The molecule has 1 aliphatic heterocycles. The van der Waals surface area contributed by atoms with Gasteiger partial charge in [0.15, 0.2) is 11.5 Å². The lowest BCUT2D eigenvalue weighted by Gasteiger charge is -2.31. The molecule has 1 aromatic heterocycles. The van der Waals surface area contributed by atoms with Crippen LogP contribution >= 0.6 is 0 Å². The molecule has 0 spiro atoms. The fourth-order valence-electron chi connectivity index (χ4n) is 4.21. The zero-order chi connectivity index (χ0) is 21.9. The number of rotatable bonds is 5. The van der Waals surface area contributed by atoms with Crippen LogP contribution in [0.1, 0.15) is 35.0 Å². The van der Waals surface area contributed by atoms with Gasteiger partial charge in [-0.15, -0.1) is 0 Å². The van der Waals surface area contributed by atoms with Gasteiger partial charge in [-0.3, -0.25) is 4.79 Å². The van der Waals surface area contributed by atoms with Gasteiger partial charge in [-0.05, 0) is 61.4 Å². The van der Waals surface area contributed by atoms with E-state index in [0.29, 0.717) is 18.0 Å². The molecule has 1 unspecified atom stereocenters. The van der Waals surface area contributed by atoms with Crippen LogP contribution < -0.4 is 10.1 Å². The number of hydrogen-bond acceptors (Lipinski definition) is 5.